The van der Waals surface area contributed by atoms with Crippen LogP contribution in [0.2, 0.25) is 10.0 Å². The summed E-state index contributed by atoms with van der Waals surface area (Å²) in [6.07, 6.45) is 2.81. The molecule has 0 unspecified atom stereocenters. The molecular formula is C21H15Cl2NO5. The van der Waals surface area contributed by atoms with Crippen molar-refractivity contribution in [2.24, 2.45) is 0 Å². The summed E-state index contributed by atoms with van der Waals surface area (Å²) in [7, 11) is 0. The van der Waals surface area contributed by atoms with Gasteiger partial charge in [-0.05, 0) is 42.0 Å². The van der Waals surface area contributed by atoms with Gasteiger partial charge in [-0.2, -0.15) is 0 Å². The molecule has 1 amide bonds. The molecule has 5 N–H and O–H groups in total. The maximum Gasteiger partial charge on any atom is 0.255 e. The fourth-order valence-corrected chi connectivity index (χ4v) is 2.85. The average Bonchev–Trinajstić information content (AvgIpc) is 2.69. The topological polar surface area (TPSA) is 110 Å². The summed E-state index contributed by atoms with van der Waals surface area (Å²) in [4.78, 5) is 12.5. The number of hydrogen-bond acceptors (Lipinski definition) is 5. The Hall–Kier alpha value is -3.35. The van der Waals surface area contributed by atoms with E-state index in [9.17, 15) is 25.2 Å². The third-order valence-electron chi connectivity index (χ3n) is 4.04. The molecule has 0 saturated heterocycles. The lowest BCUT2D eigenvalue weighted by Gasteiger charge is -2.08. The van der Waals surface area contributed by atoms with E-state index in [0.717, 1.165) is 6.07 Å². The van der Waals surface area contributed by atoms with Crippen LogP contribution in [0.4, 0.5) is 5.69 Å². The highest BCUT2D eigenvalue weighted by atomic mass is 35.5. The van der Waals surface area contributed by atoms with Crippen molar-refractivity contribution in [2.75, 3.05) is 5.32 Å². The third kappa shape index (κ3) is 4.56. The monoisotopic (exact) mass is 431 g/mol. The number of anilines is 1. The Morgan fingerprint density at radius 1 is 0.828 bits per heavy atom. The number of rotatable bonds is 4. The largest absolute Gasteiger partial charge is 0.504 e. The van der Waals surface area contributed by atoms with Crippen molar-refractivity contribution in [1.82, 2.24) is 0 Å². The van der Waals surface area contributed by atoms with Gasteiger partial charge in [0.15, 0.2) is 23.0 Å². The Morgan fingerprint density at radius 2 is 1.52 bits per heavy atom. The van der Waals surface area contributed by atoms with E-state index in [1.165, 1.54) is 18.2 Å². The van der Waals surface area contributed by atoms with Gasteiger partial charge in [0.25, 0.3) is 5.91 Å². The fourth-order valence-electron chi connectivity index (χ4n) is 2.55. The van der Waals surface area contributed by atoms with E-state index in [1.54, 1.807) is 36.4 Å². The zero-order valence-corrected chi connectivity index (χ0v) is 16.2. The van der Waals surface area contributed by atoms with Gasteiger partial charge < -0.3 is 25.7 Å². The molecule has 0 radical (unpaired) electrons. The maximum atomic E-state index is 12.5. The molecule has 0 spiro atoms. The molecule has 0 bridgehead atoms. The van der Waals surface area contributed by atoms with Crippen LogP contribution < -0.4 is 5.32 Å². The molecule has 0 saturated carbocycles. The number of benzene rings is 3. The predicted molar refractivity (Wildman–Crippen MR) is 113 cm³/mol. The predicted octanol–water partition coefficient (Wildman–Crippen LogP) is 5.24. The Balaban J connectivity index is 1.84. The summed E-state index contributed by atoms with van der Waals surface area (Å²) in [5.74, 6) is -2.68. The molecule has 0 fully saturated rings. The first kappa shape index (κ1) is 20.4. The highest BCUT2D eigenvalue weighted by Gasteiger charge is 2.14. The quantitative estimate of drug-likeness (QED) is 0.220. The Kier molecular flexibility index (Phi) is 5.87. The molecule has 0 aliphatic rings. The summed E-state index contributed by atoms with van der Waals surface area (Å²) < 4.78 is 0. The number of hydrogen-bond donors (Lipinski definition) is 5. The molecule has 0 heterocycles. The molecule has 0 atom stereocenters. The maximum absolute atomic E-state index is 12.5. The first-order valence-corrected chi connectivity index (χ1v) is 9.03. The SMILES string of the molecule is O=C(Nc1ccc(Cl)c(Cl)c1)c1cccc(C=Cc2c(O)c(O)cc(O)c2O)c1. The van der Waals surface area contributed by atoms with Crippen LogP contribution in [0.1, 0.15) is 21.5 Å². The van der Waals surface area contributed by atoms with Crippen molar-refractivity contribution in [3.05, 3.63) is 75.3 Å². The van der Waals surface area contributed by atoms with Gasteiger partial charge in [0.2, 0.25) is 0 Å². The zero-order chi connectivity index (χ0) is 21.1. The van der Waals surface area contributed by atoms with Crippen LogP contribution in [-0.2, 0) is 0 Å². The molecule has 148 valence electrons. The van der Waals surface area contributed by atoms with Crippen LogP contribution in [0.3, 0.4) is 0 Å². The number of aromatic hydroxyl groups is 4. The summed E-state index contributed by atoms with van der Waals surface area (Å²) in [5, 5.41) is 42.3. The van der Waals surface area contributed by atoms with E-state index >= 15 is 0 Å². The standard InChI is InChI=1S/C21H15Cl2NO5/c22-15-7-5-13(9-16(15)23)24-21(29)12-3-1-2-11(8-12)4-6-14-19(27)17(25)10-18(26)20(14)28/h1-10,25-28H,(H,24,29). The van der Waals surface area contributed by atoms with E-state index < -0.39 is 23.0 Å². The van der Waals surface area contributed by atoms with Gasteiger partial charge in [-0.3, -0.25) is 4.79 Å². The molecular weight excluding hydrogens is 417 g/mol. The first-order valence-electron chi connectivity index (χ1n) is 8.27. The second-order valence-electron chi connectivity index (χ2n) is 6.07. The van der Waals surface area contributed by atoms with Crippen molar-refractivity contribution in [3.63, 3.8) is 0 Å². The Bertz CT molecular complexity index is 1100. The molecule has 0 aliphatic heterocycles. The van der Waals surface area contributed by atoms with Gasteiger partial charge in [-0.15, -0.1) is 0 Å². The van der Waals surface area contributed by atoms with Gasteiger partial charge >= 0.3 is 0 Å². The van der Waals surface area contributed by atoms with Crippen LogP contribution in [0, 0.1) is 0 Å². The van der Waals surface area contributed by atoms with E-state index in [4.69, 9.17) is 23.2 Å². The van der Waals surface area contributed by atoms with Gasteiger partial charge in [0, 0.05) is 17.3 Å². The van der Waals surface area contributed by atoms with Crippen LogP contribution in [-0.4, -0.2) is 26.3 Å². The average molecular weight is 432 g/mol. The highest BCUT2D eigenvalue weighted by molar-refractivity contribution is 6.42. The number of phenols is 4. The van der Waals surface area contributed by atoms with E-state index in [-0.39, 0.29) is 11.5 Å². The number of carbonyl (C=O) groups excluding carboxylic acids is 1. The number of halogens is 2. The minimum Gasteiger partial charge on any atom is -0.504 e. The molecule has 0 aliphatic carbocycles. The zero-order valence-electron chi connectivity index (χ0n) is 14.7. The van der Waals surface area contributed by atoms with E-state index in [1.807, 2.05) is 0 Å². The molecule has 3 aromatic rings. The molecule has 8 heteroatoms. The summed E-state index contributed by atoms with van der Waals surface area (Å²) in [5.41, 5.74) is 1.25. The Labute approximate surface area is 175 Å². The van der Waals surface area contributed by atoms with Crippen molar-refractivity contribution >= 4 is 46.9 Å². The third-order valence-corrected chi connectivity index (χ3v) is 4.78. The highest BCUT2D eigenvalue weighted by Crippen LogP contribution is 2.42. The molecule has 6 nitrogen and oxygen atoms in total. The van der Waals surface area contributed by atoms with Crippen molar-refractivity contribution in [1.29, 1.82) is 0 Å². The number of carbonyl (C=O) groups is 1. The van der Waals surface area contributed by atoms with Crippen molar-refractivity contribution in [2.45, 2.75) is 0 Å². The first-order chi connectivity index (χ1) is 13.8. The summed E-state index contributed by atoms with van der Waals surface area (Å²) >= 11 is 11.8. The lowest BCUT2D eigenvalue weighted by Crippen LogP contribution is -2.11. The lowest BCUT2D eigenvalue weighted by atomic mass is 10.1. The minimum absolute atomic E-state index is 0.159. The van der Waals surface area contributed by atoms with Gasteiger partial charge in [0.05, 0.1) is 15.6 Å². The molecule has 3 aromatic carbocycles. The smallest absolute Gasteiger partial charge is 0.255 e. The summed E-state index contributed by atoms with van der Waals surface area (Å²) in [6, 6.07) is 12.1. The normalized spacial score (nSPS) is 11.0. The second-order valence-corrected chi connectivity index (χ2v) is 6.88. The molecule has 29 heavy (non-hydrogen) atoms. The number of amides is 1. The van der Waals surface area contributed by atoms with E-state index in [2.05, 4.69) is 5.32 Å². The molecule has 3 rings (SSSR count). The molecule has 0 aromatic heterocycles. The van der Waals surface area contributed by atoms with Gasteiger partial charge in [-0.1, -0.05) is 41.4 Å². The van der Waals surface area contributed by atoms with Crippen LogP contribution in [0.5, 0.6) is 23.0 Å². The fraction of sp³-hybridized carbons (Fsp3) is 0. The lowest BCUT2D eigenvalue weighted by molar-refractivity contribution is 0.102. The minimum atomic E-state index is -0.579. The van der Waals surface area contributed by atoms with Crippen LogP contribution in [0.15, 0.2) is 48.5 Å². The van der Waals surface area contributed by atoms with Crippen LogP contribution in [0.25, 0.3) is 12.2 Å². The van der Waals surface area contributed by atoms with Crippen molar-refractivity contribution in [3.8, 4) is 23.0 Å². The van der Waals surface area contributed by atoms with Gasteiger partial charge in [-0.25, -0.2) is 0 Å². The van der Waals surface area contributed by atoms with Gasteiger partial charge in [0.1, 0.15) is 0 Å². The number of phenolic OH excluding ortho intramolecular Hbond substituents is 4. The Morgan fingerprint density at radius 3 is 2.17 bits per heavy atom. The number of nitrogens with one attached hydrogen (secondary N) is 1. The second kappa shape index (κ2) is 8.34. The van der Waals surface area contributed by atoms with Crippen LogP contribution >= 0.6 is 23.2 Å². The van der Waals surface area contributed by atoms with E-state index in [0.29, 0.717) is 26.9 Å². The summed E-state index contributed by atoms with van der Waals surface area (Å²) in [6.45, 7) is 0. The van der Waals surface area contributed by atoms with Crippen molar-refractivity contribution < 1.29 is 25.2 Å².